The maximum Gasteiger partial charge on any atom is 0.319 e. The van der Waals surface area contributed by atoms with E-state index in [9.17, 15) is 4.79 Å². The van der Waals surface area contributed by atoms with Gasteiger partial charge in [-0.2, -0.15) is 0 Å². The molecule has 102 valence electrons. The normalized spacial score (nSPS) is 13.1. The largest absolute Gasteiger partial charge is 0.462 e. The topological polar surface area (TPSA) is 67.9 Å². The van der Waals surface area contributed by atoms with E-state index in [1.54, 1.807) is 0 Å². The number of ether oxygens (including phenoxy) is 1. The summed E-state index contributed by atoms with van der Waals surface area (Å²) in [5, 5.41) is 7.34. The number of H-pyrrole nitrogens is 1. The maximum atomic E-state index is 11.8. The second-order valence-electron chi connectivity index (χ2n) is 4.66. The zero-order valence-electron chi connectivity index (χ0n) is 11.6. The Morgan fingerprint density at radius 1 is 1.39 bits per heavy atom. The lowest BCUT2D eigenvalue weighted by atomic mass is 10.2. The highest BCUT2D eigenvalue weighted by Crippen LogP contribution is 2.24. The van der Waals surface area contributed by atoms with Crippen LogP contribution in [0.15, 0.2) is 5.16 Å². The molecule has 0 aromatic carbocycles. The minimum absolute atomic E-state index is 0.0921. The van der Waals surface area contributed by atoms with Gasteiger partial charge in [0.2, 0.25) is 5.16 Å². The Morgan fingerprint density at radius 3 is 2.50 bits per heavy atom. The van der Waals surface area contributed by atoms with E-state index in [0.29, 0.717) is 17.5 Å². The molecule has 0 aliphatic heterocycles. The number of carbonyl (C=O) groups is 1. The Labute approximate surface area is 112 Å². The summed E-state index contributed by atoms with van der Waals surface area (Å²) < 4.78 is 5.20. The second kappa shape index (κ2) is 6.78. The summed E-state index contributed by atoms with van der Waals surface area (Å²) in [5.74, 6) is 0.938. The van der Waals surface area contributed by atoms with E-state index in [1.807, 2.05) is 34.6 Å². The first kappa shape index (κ1) is 15.0. The van der Waals surface area contributed by atoms with Crippen LogP contribution in [-0.4, -0.2) is 32.5 Å². The highest BCUT2D eigenvalue weighted by Gasteiger charge is 2.22. The van der Waals surface area contributed by atoms with Crippen molar-refractivity contribution in [1.29, 1.82) is 0 Å². The molecular weight excluding hydrogens is 250 g/mol. The third kappa shape index (κ3) is 4.33. The molecule has 0 saturated carbocycles. The molecule has 1 atom stereocenters. The van der Waals surface area contributed by atoms with Gasteiger partial charge in [-0.15, -0.1) is 5.10 Å². The molecule has 1 N–H and O–H groups in total. The first-order chi connectivity index (χ1) is 8.43. The summed E-state index contributed by atoms with van der Waals surface area (Å²) in [4.78, 5) is 16.2. The van der Waals surface area contributed by atoms with E-state index in [2.05, 4.69) is 15.2 Å². The summed E-state index contributed by atoms with van der Waals surface area (Å²) >= 11 is 1.35. The summed E-state index contributed by atoms with van der Waals surface area (Å²) in [7, 11) is 0. The van der Waals surface area contributed by atoms with Crippen LogP contribution in [0.2, 0.25) is 0 Å². The van der Waals surface area contributed by atoms with Gasteiger partial charge in [0.05, 0.1) is 6.10 Å². The Bertz CT molecular complexity index is 390. The van der Waals surface area contributed by atoms with E-state index in [1.165, 1.54) is 11.8 Å². The summed E-state index contributed by atoms with van der Waals surface area (Å²) in [5.41, 5.74) is 0. The monoisotopic (exact) mass is 271 g/mol. The molecule has 0 spiro atoms. The summed E-state index contributed by atoms with van der Waals surface area (Å²) in [6.07, 6.45) is 0.604. The van der Waals surface area contributed by atoms with Crippen LogP contribution in [0, 0.1) is 0 Å². The minimum atomic E-state index is -0.247. The summed E-state index contributed by atoms with van der Waals surface area (Å²) in [6, 6.07) is 0. The fourth-order valence-electron chi connectivity index (χ4n) is 1.30. The van der Waals surface area contributed by atoms with Crippen molar-refractivity contribution < 1.29 is 9.53 Å². The third-order valence-corrected chi connectivity index (χ3v) is 3.47. The molecule has 18 heavy (non-hydrogen) atoms. The van der Waals surface area contributed by atoms with Crippen molar-refractivity contribution in [2.45, 2.75) is 63.5 Å². The third-order valence-electron chi connectivity index (χ3n) is 2.26. The lowest BCUT2D eigenvalue weighted by Gasteiger charge is -2.14. The first-order valence-corrected chi connectivity index (χ1v) is 7.11. The van der Waals surface area contributed by atoms with Gasteiger partial charge in [-0.1, -0.05) is 32.5 Å². The van der Waals surface area contributed by atoms with Crippen molar-refractivity contribution >= 4 is 17.7 Å². The average molecular weight is 271 g/mol. The fraction of sp³-hybridized carbons (Fsp3) is 0.750. The van der Waals surface area contributed by atoms with Crippen molar-refractivity contribution in [3.63, 3.8) is 0 Å². The zero-order valence-corrected chi connectivity index (χ0v) is 12.4. The van der Waals surface area contributed by atoms with Crippen LogP contribution >= 0.6 is 11.8 Å². The van der Waals surface area contributed by atoms with E-state index < -0.39 is 0 Å². The van der Waals surface area contributed by atoms with Crippen LogP contribution in [0.3, 0.4) is 0 Å². The van der Waals surface area contributed by atoms with Crippen molar-refractivity contribution in [3.05, 3.63) is 5.82 Å². The Kier molecular flexibility index (Phi) is 5.65. The quantitative estimate of drug-likeness (QED) is 0.636. The van der Waals surface area contributed by atoms with E-state index in [0.717, 1.165) is 5.82 Å². The Morgan fingerprint density at radius 2 is 2.06 bits per heavy atom. The molecule has 1 aromatic heterocycles. The van der Waals surface area contributed by atoms with Crippen LogP contribution in [-0.2, 0) is 9.53 Å². The maximum absolute atomic E-state index is 11.8. The number of carbonyl (C=O) groups excluding carboxylic acids is 1. The molecule has 0 bridgehead atoms. The SMILES string of the molecule is CCC(Sc1n[nH]c(C(C)C)n1)C(=O)OC(C)C. The minimum Gasteiger partial charge on any atom is -0.462 e. The smallest absolute Gasteiger partial charge is 0.319 e. The highest BCUT2D eigenvalue weighted by atomic mass is 32.2. The van der Waals surface area contributed by atoms with Crippen LogP contribution in [0.4, 0.5) is 0 Å². The molecule has 1 unspecified atom stereocenters. The van der Waals surface area contributed by atoms with Gasteiger partial charge in [-0.25, -0.2) is 4.98 Å². The van der Waals surface area contributed by atoms with Gasteiger partial charge in [0, 0.05) is 5.92 Å². The van der Waals surface area contributed by atoms with Crippen LogP contribution in [0.5, 0.6) is 0 Å². The van der Waals surface area contributed by atoms with Crippen LogP contribution in [0.25, 0.3) is 0 Å². The van der Waals surface area contributed by atoms with Gasteiger partial charge >= 0.3 is 5.97 Å². The first-order valence-electron chi connectivity index (χ1n) is 6.23. The Hall–Kier alpha value is -1.04. The van der Waals surface area contributed by atoms with Crippen LogP contribution in [0.1, 0.15) is 52.8 Å². The molecule has 1 rings (SSSR count). The number of nitrogens with one attached hydrogen (secondary N) is 1. The number of hydrogen-bond donors (Lipinski definition) is 1. The van der Waals surface area contributed by atoms with Gasteiger partial charge < -0.3 is 4.74 Å². The van der Waals surface area contributed by atoms with Crippen molar-refractivity contribution in [3.8, 4) is 0 Å². The number of aromatic nitrogens is 3. The standard InChI is InChI=1S/C12H21N3O2S/c1-6-9(11(16)17-8(4)5)18-12-13-10(7(2)3)14-15-12/h7-9H,6H2,1-5H3,(H,13,14,15). The number of rotatable bonds is 6. The zero-order chi connectivity index (χ0) is 13.7. The molecule has 5 nitrogen and oxygen atoms in total. The predicted octanol–water partition coefficient (Wildman–Crippen LogP) is 2.75. The fourth-order valence-corrected chi connectivity index (χ4v) is 2.12. The molecule has 0 fully saturated rings. The predicted molar refractivity (Wildman–Crippen MR) is 71.6 cm³/mol. The number of aromatic amines is 1. The number of hydrogen-bond acceptors (Lipinski definition) is 5. The van der Waals surface area contributed by atoms with Crippen LogP contribution < -0.4 is 0 Å². The number of nitrogens with zero attached hydrogens (tertiary/aromatic N) is 2. The molecular formula is C12H21N3O2S. The molecule has 0 aliphatic rings. The van der Waals surface area contributed by atoms with Gasteiger partial charge in [0.1, 0.15) is 11.1 Å². The van der Waals surface area contributed by atoms with Gasteiger partial charge in [0.15, 0.2) is 0 Å². The molecule has 1 heterocycles. The van der Waals surface area contributed by atoms with E-state index in [4.69, 9.17) is 4.74 Å². The van der Waals surface area contributed by atoms with Gasteiger partial charge in [0.25, 0.3) is 0 Å². The molecule has 0 aliphatic carbocycles. The van der Waals surface area contributed by atoms with E-state index in [-0.39, 0.29) is 17.3 Å². The van der Waals surface area contributed by atoms with Crippen molar-refractivity contribution in [2.24, 2.45) is 0 Å². The lowest BCUT2D eigenvalue weighted by Crippen LogP contribution is -2.22. The molecule has 0 saturated heterocycles. The Balaban J connectivity index is 2.64. The molecule has 0 radical (unpaired) electrons. The van der Waals surface area contributed by atoms with Crippen molar-refractivity contribution in [2.75, 3.05) is 0 Å². The lowest BCUT2D eigenvalue weighted by molar-refractivity contribution is -0.146. The number of esters is 1. The summed E-state index contributed by atoms with van der Waals surface area (Å²) in [6.45, 7) is 9.73. The average Bonchev–Trinajstić information content (AvgIpc) is 2.73. The van der Waals surface area contributed by atoms with Gasteiger partial charge in [-0.05, 0) is 20.3 Å². The molecule has 0 amide bonds. The molecule has 6 heteroatoms. The molecule has 1 aromatic rings. The van der Waals surface area contributed by atoms with Crippen molar-refractivity contribution in [1.82, 2.24) is 15.2 Å². The highest BCUT2D eigenvalue weighted by molar-refractivity contribution is 8.00. The number of thioether (sulfide) groups is 1. The van der Waals surface area contributed by atoms with E-state index >= 15 is 0 Å². The van der Waals surface area contributed by atoms with Gasteiger partial charge in [-0.3, -0.25) is 9.89 Å². The second-order valence-corrected chi connectivity index (χ2v) is 5.83.